The predicted molar refractivity (Wildman–Crippen MR) is 145 cm³/mol. The van der Waals surface area contributed by atoms with Crippen molar-refractivity contribution in [2.45, 2.75) is 25.8 Å². The number of fused-ring (bicyclic) bond motifs is 2. The molecule has 2 N–H and O–H groups in total. The highest BCUT2D eigenvalue weighted by molar-refractivity contribution is 5.89. The van der Waals surface area contributed by atoms with Crippen molar-refractivity contribution in [3.8, 4) is 23.0 Å². The van der Waals surface area contributed by atoms with Crippen molar-refractivity contribution in [1.29, 1.82) is 0 Å². The highest BCUT2D eigenvalue weighted by Gasteiger charge is 2.22. The summed E-state index contributed by atoms with van der Waals surface area (Å²) < 4.78 is 7.65. The first-order chi connectivity index (χ1) is 18.1. The van der Waals surface area contributed by atoms with Crippen molar-refractivity contribution < 1.29 is 9.53 Å². The van der Waals surface area contributed by atoms with Crippen molar-refractivity contribution in [3.05, 3.63) is 84.4 Å². The van der Waals surface area contributed by atoms with Gasteiger partial charge in [0, 0.05) is 24.5 Å². The van der Waals surface area contributed by atoms with Crippen LogP contribution >= 0.6 is 0 Å². The molecule has 1 amide bonds. The Hall–Kier alpha value is -4.72. The molecule has 0 radical (unpaired) electrons. The van der Waals surface area contributed by atoms with E-state index >= 15 is 0 Å². The van der Waals surface area contributed by atoms with Crippen molar-refractivity contribution in [1.82, 2.24) is 14.5 Å². The summed E-state index contributed by atoms with van der Waals surface area (Å²) in [6.07, 6.45) is 3.89. The molecule has 8 heteroatoms. The number of carbonyl (C=O) groups excluding carboxylic acids is 1. The molecular weight excluding hydrogens is 464 g/mol. The van der Waals surface area contributed by atoms with Gasteiger partial charge >= 0.3 is 0 Å². The number of amides is 1. The van der Waals surface area contributed by atoms with Crippen LogP contribution in [0.1, 0.15) is 19.8 Å². The van der Waals surface area contributed by atoms with Gasteiger partial charge in [-0.25, -0.2) is 9.97 Å². The molecule has 1 aromatic heterocycles. The maximum absolute atomic E-state index is 11.5. The highest BCUT2D eigenvalue weighted by Crippen LogP contribution is 2.32. The van der Waals surface area contributed by atoms with Gasteiger partial charge in [-0.3, -0.25) is 9.79 Å². The van der Waals surface area contributed by atoms with E-state index in [2.05, 4.69) is 32.3 Å². The summed E-state index contributed by atoms with van der Waals surface area (Å²) in [6, 6.07) is 24.2. The number of rotatable bonds is 6. The maximum Gasteiger partial charge on any atom is 0.237 e. The minimum absolute atomic E-state index is 0.100. The molecule has 184 valence electrons. The van der Waals surface area contributed by atoms with Crippen molar-refractivity contribution in [3.63, 3.8) is 0 Å². The Kier molecular flexibility index (Phi) is 5.76. The van der Waals surface area contributed by atoms with E-state index in [9.17, 15) is 4.79 Å². The van der Waals surface area contributed by atoms with Crippen LogP contribution in [0.15, 0.2) is 84.0 Å². The first-order valence-electron chi connectivity index (χ1n) is 12.2. The lowest BCUT2D eigenvalue weighted by Crippen LogP contribution is -2.16. The molecule has 6 rings (SSSR count). The second kappa shape index (κ2) is 9.39. The standard InChI is InChI=1S/C29H26N6O2/c1-18(36)31-19-11-13-21(14-12-19)35-27-8-4-3-6-22(27)33-26-16-24(25(17-28(26)35)32-20-9-10-20)34-23-7-5-15-30-29(23)37-2/h3-8,11-17,20,34H,9-10H2,1-2H3,(H,31,36)/b32-25+. The molecule has 3 aromatic rings. The average molecular weight is 491 g/mol. The Morgan fingerprint density at radius 2 is 1.84 bits per heavy atom. The minimum atomic E-state index is -0.100. The number of para-hydroxylation sites is 2. The first-order valence-corrected chi connectivity index (χ1v) is 12.2. The molecule has 2 aromatic carbocycles. The number of nitrogens with zero attached hydrogens (tertiary/aromatic N) is 4. The Morgan fingerprint density at radius 1 is 1.03 bits per heavy atom. The fraction of sp³-hybridized carbons (Fsp3) is 0.172. The van der Waals surface area contributed by atoms with Gasteiger partial charge in [0.05, 0.1) is 46.6 Å². The number of hydrogen-bond donors (Lipinski definition) is 2. The summed E-state index contributed by atoms with van der Waals surface area (Å²) in [6.45, 7) is 1.50. The van der Waals surface area contributed by atoms with Crippen LogP contribution in [0.5, 0.6) is 5.88 Å². The number of methoxy groups -OCH3 is 1. The quantitative estimate of drug-likeness (QED) is 0.315. The number of aromatic nitrogens is 3. The molecular formula is C29H26N6O2. The summed E-state index contributed by atoms with van der Waals surface area (Å²) in [5.74, 6) is 0.414. The lowest BCUT2D eigenvalue weighted by Gasteiger charge is -2.20. The van der Waals surface area contributed by atoms with E-state index in [4.69, 9.17) is 14.7 Å². The van der Waals surface area contributed by atoms with Crippen molar-refractivity contribution >= 4 is 34.0 Å². The highest BCUT2D eigenvalue weighted by atomic mass is 16.5. The second-order valence-electron chi connectivity index (χ2n) is 9.07. The van der Waals surface area contributed by atoms with Gasteiger partial charge in [-0.2, -0.15) is 0 Å². The molecule has 1 saturated carbocycles. The van der Waals surface area contributed by atoms with Crippen LogP contribution in [0.2, 0.25) is 0 Å². The van der Waals surface area contributed by atoms with Crippen molar-refractivity contribution in [2.24, 2.45) is 4.99 Å². The molecule has 0 spiro atoms. The number of carbonyl (C=O) groups is 1. The van der Waals surface area contributed by atoms with E-state index in [1.807, 2.05) is 60.7 Å². The zero-order valence-corrected chi connectivity index (χ0v) is 20.6. The number of nitrogens with one attached hydrogen (secondary N) is 2. The van der Waals surface area contributed by atoms with Crippen LogP contribution in [0.25, 0.3) is 28.1 Å². The van der Waals surface area contributed by atoms with Gasteiger partial charge in [0.25, 0.3) is 0 Å². The molecule has 37 heavy (non-hydrogen) atoms. The largest absolute Gasteiger partial charge is 0.480 e. The van der Waals surface area contributed by atoms with Gasteiger partial charge in [-0.15, -0.1) is 0 Å². The van der Waals surface area contributed by atoms with Crippen LogP contribution in [-0.4, -0.2) is 33.6 Å². The van der Waals surface area contributed by atoms with Gasteiger partial charge in [-0.1, -0.05) is 12.1 Å². The molecule has 0 atom stereocenters. The van der Waals surface area contributed by atoms with Gasteiger partial charge in [0.1, 0.15) is 5.69 Å². The Balaban J connectivity index is 1.57. The SMILES string of the molecule is COc1ncccc1Nc1cc2nc3ccccc3n(-c3ccc(NC(C)=O)cc3)c-2c/c1=N\C1CC1. The third-order valence-electron chi connectivity index (χ3n) is 6.25. The van der Waals surface area contributed by atoms with Crippen LogP contribution in [0, 0.1) is 0 Å². The van der Waals surface area contributed by atoms with Gasteiger partial charge < -0.3 is 19.9 Å². The Labute approximate surface area is 214 Å². The Morgan fingerprint density at radius 3 is 2.59 bits per heavy atom. The van der Waals surface area contributed by atoms with Crippen molar-refractivity contribution in [2.75, 3.05) is 17.7 Å². The maximum atomic E-state index is 11.5. The monoisotopic (exact) mass is 490 g/mol. The molecule has 0 saturated heterocycles. The summed E-state index contributed by atoms with van der Waals surface area (Å²) in [5, 5.41) is 7.18. The summed E-state index contributed by atoms with van der Waals surface area (Å²) >= 11 is 0. The van der Waals surface area contributed by atoms with E-state index in [0.29, 0.717) is 11.9 Å². The minimum Gasteiger partial charge on any atom is -0.480 e. The van der Waals surface area contributed by atoms with E-state index in [1.165, 1.54) is 6.92 Å². The third kappa shape index (κ3) is 4.61. The normalized spacial score (nSPS) is 13.6. The molecule has 1 fully saturated rings. The lowest BCUT2D eigenvalue weighted by atomic mass is 10.1. The van der Waals surface area contributed by atoms with Crippen LogP contribution < -0.4 is 20.7 Å². The number of hydrogen-bond acceptors (Lipinski definition) is 6. The van der Waals surface area contributed by atoms with E-state index < -0.39 is 0 Å². The fourth-order valence-electron chi connectivity index (χ4n) is 4.42. The Bertz CT molecular complexity index is 1650. The van der Waals surface area contributed by atoms with Gasteiger partial charge in [0.2, 0.25) is 11.8 Å². The van der Waals surface area contributed by atoms with E-state index in [0.717, 1.165) is 63.4 Å². The van der Waals surface area contributed by atoms with E-state index in [-0.39, 0.29) is 5.91 Å². The van der Waals surface area contributed by atoms with Gasteiger partial charge in [-0.05, 0) is 73.5 Å². The number of ether oxygens (including phenoxy) is 1. The topological polar surface area (TPSA) is 93.4 Å². The zero-order valence-electron chi connectivity index (χ0n) is 20.6. The molecule has 2 heterocycles. The number of pyridine rings is 1. The molecule has 0 unspecified atom stereocenters. The van der Waals surface area contributed by atoms with Crippen LogP contribution in [0.3, 0.4) is 0 Å². The molecule has 0 bridgehead atoms. The predicted octanol–water partition coefficient (Wildman–Crippen LogP) is 5.30. The number of benzene rings is 3. The molecule has 8 nitrogen and oxygen atoms in total. The van der Waals surface area contributed by atoms with E-state index in [1.54, 1.807) is 13.3 Å². The smallest absolute Gasteiger partial charge is 0.237 e. The first kappa shape index (κ1) is 22.7. The van der Waals surface area contributed by atoms with Gasteiger partial charge in [0.15, 0.2) is 0 Å². The van der Waals surface area contributed by atoms with Crippen LogP contribution in [0.4, 0.5) is 17.1 Å². The molecule has 3 aliphatic rings. The summed E-state index contributed by atoms with van der Waals surface area (Å²) in [4.78, 5) is 25.8. The lowest BCUT2D eigenvalue weighted by molar-refractivity contribution is -0.114. The van der Waals surface area contributed by atoms with Crippen LogP contribution in [-0.2, 0) is 4.79 Å². The summed E-state index contributed by atoms with van der Waals surface area (Å²) in [5.41, 5.74) is 6.94. The summed E-state index contributed by atoms with van der Waals surface area (Å²) in [7, 11) is 1.61. The average Bonchev–Trinajstić information content (AvgIpc) is 3.72. The number of anilines is 3. The third-order valence-corrected chi connectivity index (χ3v) is 6.25. The molecule has 2 aliphatic carbocycles. The second-order valence-corrected chi connectivity index (χ2v) is 9.07. The zero-order chi connectivity index (χ0) is 25.4. The fourth-order valence-corrected chi connectivity index (χ4v) is 4.42. The molecule has 1 aliphatic heterocycles.